The first-order valence-electron chi connectivity index (χ1n) is 4.14. The van der Waals surface area contributed by atoms with E-state index in [1.54, 1.807) is 0 Å². The van der Waals surface area contributed by atoms with Gasteiger partial charge in [0.05, 0.1) is 10.6 Å². The first-order valence-corrected chi connectivity index (χ1v) is 6.55. The standard InChI is InChI=1S/C9H10Cl2O2S/c1-2-3-14(12,13)9-5-7(10)4-8(11)6-9/h4-6H,2-3H2,1H3. The third-order valence-electron chi connectivity index (χ3n) is 1.67. The van der Waals surface area contributed by atoms with Crippen molar-refractivity contribution in [1.29, 1.82) is 0 Å². The van der Waals surface area contributed by atoms with Crippen molar-refractivity contribution < 1.29 is 8.42 Å². The summed E-state index contributed by atoms with van der Waals surface area (Å²) >= 11 is 11.4. The van der Waals surface area contributed by atoms with Crippen LogP contribution in [0.5, 0.6) is 0 Å². The van der Waals surface area contributed by atoms with Crippen LogP contribution in [-0.2, 0) is 9.84 Å². The molecule has 0 radical (unpaired) electrons. The predicted octanol–water partition coefficient (Wildman–Crippen LogP) is 3.18. The van der Waals surface area contributed by atoms with E-state index in [-0.39, 0.29) is 10.6 Å². The molecule has 1 aromatic rings. The van der Waals surface area contributed by atoms with Crippen LogP contribution < -0.4 is 0 Å². The van der Waals surface area contributed by atoms with Crippen molar-refractivity contribution in [3.8, 4) is 0 Å². The van der Waals surface area contributed by atoms with E-state index in [4.69, 9.17) is 23.2 Å². The average molecular weight is 253 g/mol. The highest BCUT2D eigenvalue weighted by molar-refractivity contribution is 7.91. The van der Waals surface area contributed by atoms with Crippen molar-refractivity contribution in [2.75, 3.05) is 5.75 Å². The molecule has 5 heteroatoms. The molecule has 0 aliphatic heterocycles. The second-order valence-corrected chi connectivity index (χ2v) is 5.91. The van der Waals surface area contributed by atoms with Gasteiger partial charge in [-0.15, -0.1) is 0 Å². The van der Waals surface area contributed by atoms with Crippen molar-refractivity contribution in [3.63, 3.8) is 0 Å². The molecule has 0 saturated carbocycles. The van der Waals surface area contributed by atoms with E-state index in [1.807, 2.05) is 6.92 Å². The monoisotopic (exact) mass is 252 g/mol. The maximum Gasteiger partial charge on any atom is 0.178 e. The predicted molar refractivity (Wildman–Crippen MR) is 58.8 cm³/mol. The van der Waals surface area contributed by atoms with Crippen LogP contribution in [0, 0.1) is 0 Å². The smallest absolute Gasteiger partial charge is 0.178 e. The average Bonchev–Trinajstić information content (AvgIpc) is 2.02. The molecule has 78 valence electrons. The number of sulfone groups is 1. The van der Waals surface area contributed by atoms with Gasteiger partial charge in [-0.3, -0.25) is 0 Å². The number of benzene rings is 1. The first-order chi connectivity index (χ1) is 6.45. The van der Waals surface area contributed by atoms with Crippen LogP contribution in [0.1, 0.15) is 13.3 Å². The fraction of sp³-hybridized carbons (Fsp3) is 0.333. The van der Waals surface area contributed by atoms with Gasteiger partial charge in [0.2, 0.25) is 0 Å². The third-order valence-corrected chi connectivity index (χ3v) is 4.00. The van der Waals surface area contributed by atoms with Gasteiger partial charge in [0.25, 0.3) is 0 Å². The fourth-order valence-corrected chi connectivity index (χ4v) is 3.14. The summed E-state index contributed by atoms with van der Waals surface area (Å²) in [5.74, 6) is 0.115. The molecule has 0 N–H and O–H groups in total. The Morgan fingerprint density at radius 1 is 1.14 bits per heavy atom. The summed E-state index contributed by atoms with van der Waals surface area (Å²) in [6.45, 7) is 1.81. The minimum atomic E-state index is -3.22. The highest BCUT2D eigenvalue weighted by Gasteiger charge is 2.14. The fourth-order valence-electron chi connectivity index (χ4n) is 1.09. The maximum atomic E-state index is 11.6. The van der Waals surface area contributed by atoms with Crippen molar-refractivity contribution in [3.05, 3.63) is 28.2 Å². The highest BCUT2D eigenvalue weighted by atomic mass is 35.5. The molecule has 1 aromatic carbocycles. The molecule has 0 heterocycles. The minimum absolute atomic E-state index is 0.115. The summed E-state index contributed by atoms with van der Waals surface area (Å²) in [6, 6.07) is 4.34. The zero-order valence-electron chi connectivity index (χ0n) is 7.63. The van der Waals surface area contributed by atoms with Crippen molar-refractivity contribution >= 4 is 33.0 Å². The summed E-state index contributed by atoms with van der Waals surface area (Å²) in [6.07, 6.45) is 0.576. The Bertz CT molecular complexity index is 406. The lowest BCUT2D eigenvalue weighted by Crippen LogP contribution is -2.05. The summed E-state index contributed by atoms with van der Waals surface area (Å²) < 4.78 is 23.2. The van der Waals surface area contributed by atoms with Crippen molar-refractivity contribution in [2.45, 2.75) is 18.2 Å². The van der Waals surface area contributed by atoms with E-state index in [2.05, 4.69) is 0 Å². The first kappa shape index (κ1) is 11.8. The molecule has 2 nitrogen and oxygen atoms in total. The number of halogens is 2. The molecular formula is C9H10Cl2O2S. The SMILES string of the molecule is CCCS(=O)(=O)c1cc(Cl)cc(Cl)c1. The summed E-state index contributed by atoms with van der Waals surface area (Å²) in [5, 5.41) is 0.680. The molecule has 0 bridgehead atoms. The Labute approximate surface area is 93.8 Å². The van der Waals surface area contributed by atoms with E-state index >= 15 is 0 Å². The Kier molecular flexibility index (Phi) is 3.81. The van der Waals surface area contributed by atoms with Crippen LogP contribution in [0.4, 0.5) is 0 Å². The second-order valence-electron chi connectivity index (χ2n) is 2.92. The number of hydrogen-bond acceptors (Lipinski definition) is 2. The van der Waals surface area contributed by atoms with Gasteiger partial charge in [-0.25, -0.2) is 8.42 Å². The van der Waals surface area contributed by atoms with Gasteiger partial charge >= 0.3 is 0 Å². The highest BCUT2D eigenvalue weighted by Crippen LogP contribution is 2.23. The molecule has 0 spiro atoms. The molecule has 0 aliphatic carbocycles. The number of rotatable bonds is 3. The Morgan fingerprint density at radius 3 is 2.07 bits per heavy atom. The zero-order chi connectivity index (χ0) is 10.8. The lowest BCUT2D eigenvalue weighted by molar-refractivity contribution is 0.594. The van der Waals surface area contributed by atoms with Gasteiger partial charge in [-0.2, -0.15) is 0 Å². The molecule has 0 fully saturated rings. The molecule has 0 amide bonds. The van der Waals surface area contributed by atoms with E-state index in [9.17, 15) is 8.42 Å². The maximum absolute atomic E-state index is 11.6. The molecule has 0 atom stereocenters. The third kappa shape index (κ3) is 2.87. The van der Waals surface area contributed by atoms with Crippen LogP contribution >= 0.6 is 23.2 Å². The molecular weight excluding hydrogens is 243 g/mol. The van der Waals surface area contributed by atoms with E-state index in [0.717, 1.165) is 0 Å². The zero-order valence-corrected chi connectivity index (χ0v) is 9.96. The van der Waals surface area contributed by atoms with Gasteiger partial charge in [0.15, 0.2) is 9.84 Å². The lowest BCUT2D eigenvalue weighted by Gasteiger charge is -2.03. The van der Waals surface area contributed by atoms with E-state index in [0.29, 0.717) is 16.5 Å². The largest absolute Gasteiger partial charge is 0.224 e. The summed E-state index contributed by atoms with van der Waals surface area (Å²) in [5.41, 5.74) is 0. The van der Waals surface area contributed by atoms with Crippen LogP contribution in [0.2, 0.25) is 10.0 Å². The normalized spacial score (nSPS) is 11.6. The van der Waals surface area contributed by atoms with Crippen molar-refractivity contribution in [1.82, 2.24) is 0 Å². The van der Waals surface area contributed by atoms with Gasteiger partial charge in [-0.1, -0.05) is 30.1 Å². The molecule has 0 aromatic heterocycles. The second kappa shape index (κ2) is 4.51. The van der Waals surface area contributed by atoms with Crippen LogP contribution in [0.25, 0.3) is 0 Å². The van der Waals surface area contributed by atoms with Crippen LogP contribution in [-0.4, -0.2) is 14.2 Å². The summed E-state index contributed by atoms with van der Waals surface area (Å²) in [7, 11) is -3.22. The van der Waals surface area contributed by atoms with Gasteiger partial charge in [0, 0.05) is 10.0 Å². The quantitative estimate of drug-likeness (QED) is 0.829. The van der Waals surface area contributed by atoms with Crippen molar-refractivity contribution in [2.24, 2.45) is 0 Å². The Hall–Kier alpha value is -0.250. The topological polar surface area (TPSA) is 34.1 Å². The minimum Gasteiger partial charge on any atom is -0.224 e. The lowest BCUT2D eigenvalue weighted by atomic mass is 10.4. The Morgan fingerprint density at radius 2 is 1.64 bits per heavy atom. The molecule has 0 unspecified atom stereocenters. The molecule has 0 saturated heterocycles. The molecule has 1 rings (SSSR count). The number of hydrogen-bond donors (Lipinski definition) is 0. The van der Waals surface area contributed by atoms with Gasteiger partial charge in [0.1, 0.15) is 0 Å². The van der Waals surface area contributed by atoms with Crippen LogP contribution in [0.3, 0.4) is 0 Å². The molecule has 14 heavy (non-hydrogen) atoms. The van der Waals surface area contributed by atoms with E-state index < -0.39 is 9.84 Å². The van der Waals surface area contributed by atoms with E-state index in [1.165, 1.54) is 18.2 Å². The van der Waals surface area contributed by atoms with Crippen LogP contribution in [0.15, 0.2) is 23.1 Å². The van der Waals surface area contributed by atoms with Gasteiger partial charge in [-0.05, 0) is 24.6 Å². The Balaban J connectivity index is 3.19. The van der Waals surface area contributed by atoms with Gasteiger partial charge < -0.3 is 0 Å². The molecule has 0 aliphatic rings. The summed E-state index contributed by atoms with van der Waals surface area (Å²) in [4.78, 5) is 0.192.